The van der Waals surface area contributed by atoms with Gasteiger partial charge in [0.05, 0.1) is 11.7 Å². The second kappa shape index (κ2) is 9.54. The number of rotatable bonds is 6. The largest absolute Gasteiger partial charge is 0.370 e. The Morgan fingerprint density at radius 3 is 2.43 bits per heavy atom. The zero-order valence-corrected chi connectivity index (χ0v) is 17.2. The van der Waals surface area contributed by atoms with Gasteiger partial charge in [-0.3, -0.25) is 9.69 Å². The molecule has 2 aliphatic heterocycles. The van der Waals surface area contributed by atoms with Crippen LogP contribution in [0.15, 0.2) is 66.5 Å². The maximum absolute atomic E-state index is 14.1. The number of benzene rings is 2. The molecular weight excluding hydrogens is 379 g/mol. The molecule has 2 aliphatic rings. The second-order valence-corrected chi connectivity index (χ2v) is 8.34. The average molecular weight is 409 g/mol. The summed E-state index contributed by atoms with van der Waals surface area (Å²) in [7, 11) is 0. The molecule has 2 heterocycles. The fourth-order valence-corrected chi connectivity index (χ4v) is 4.42. The van der Waals surface area contributed by atoms with Gasteiger partial charge in [0.25, 0.3) is 5.91 Å². The van der Waals surface area contributed by atoms with Crippen LogP contribution in [0.4, 0.5) is 4.39 Å². The van der Waals surface area contributed by atoms with Crippen LogP contribution in [-0.4, -0.2) is 42.1 Å². The van der Waals surface area contributed by atoms with E-state index in [1.165, 1.54) is 11.6 Å². The minimum absolute atomic E-state index is 0.0425. The number of nitrogens with zero attached hydrogens (tertiary/aromatic N) is 1. The highest BCUT2D eigenvalue weighted by Crippen LogP contribution is 2.39. The van der Waals surface area contributed by atoms with Gasteiger partial charge in [0.1, 0.15) is 0 Å². The first-order valence-electron chi connectivity index (χ1n) is 10.8. The van der Waals surface area contributed by atoms with Gasteiger partial charge in [-0.15, -0.1) is 0 Å². The fraction of sp³-hybridized carbons (Fsp3) is 0.400. The van der Waals surface area contributed by atoms with Crippen LogP contribution in [0.5, 0.6) is 0 Å². The highest BCUT2D eigenvalue weighted by atomic mass is 19.1. The molecule has 5 heteroatoms. The zero-order valence-electron chi connectivity index (χ0n) is 17.2. The van der Waals surface area contributed by atoms with Crippen LogP contribution in [0.25, 0.3) is 6.08 Å². The summed E-state index contributed by atoms with van der Waals surface area (Å²) in [4.78, 5) is 14.5. The first kappa shape index (κ1) is 20.8. The van der Waals surface area contributed by atoms with Crippen LogP contribution in [0.1, 0.15) is 36.8 Å². The summed E-state index contributed by atoms with van der Waals surface area (Å²) in [6.45, 7) is 3.36. The molecule has 2 aromatic carbocycles. The summed E-state index contributed by atoms with van der Waals surface area (Å²) in [5.74, 6) is -1.45. The summed E-state index contributed by atoms with van der Waals surface area (Å²) < 4.78 is 20.5. The third-order valence-corrected chi connectivity index (χ3v) is 6.16. The lowest BCUT2D eigenvalue weighted by Crippen LogP contribution is -2.44. The Morgan fingerprint density at radius 2 is 1.73 bits per heavy atom. The van der Waals surface area contributed by atoms with Crippen molar-refractivity contribution < 1.29 is 13.9 Å². The lowest BCUT2D eigenvalue weighted by Gasteiger charge is -2.39. The van der Waals surface area contributed by atoms with Gasteiger partial charge in [-0.05, 0) is 42.9 Å². The molecule has 1 spiro atoms. The molecule has 4 rings (SSSR count). The van der Waals surface area contributed by atoms with Crippen molar-refractivity contribution in [3.8, 4) is 0 Å². The third kappa shape index (κ3) is 5.35. The highest BCUT2D eigenvalue weighted by molar-refractivity contribution is 5.95. The van der Waals surface area contributed by atoms with Crippen molar-refractivity contribution in [1.29, 1.82) is 0 Å². The van der Waals surface area contributed by atoms with Crippen LogP contribution in [0.2, 0.25) is 0 Å². The number of piperidine rings is 1. The van der Waals surface area contributed by atoms with E-state index in [0.29, 0.717) is 12.1 Å². The summed E-state index contributed by atoms with van der Waals surface area (Å²) in [5, 5.41) is 2.69. The Labute approximate surface area is 177 Å². The van der Waals surface area contributed by atoms with E-state index in [0.717, 1.165) is 45.3 Å². The van der Waals surface area contributed by atoms with E-state index in [2.05, 4.69) is 34.5 Å². The second-order valence-electron chi connectivity index (χ2n) is 8.34. The molecular formula is C25H29FN2O2. The number of nitrogens with one attached hydrogen (secondary N) is 1. The van der Waals surface area contributed by atoms with Gasteiger partial charge in [0.2, 0.25) is 0 Å². The smallest absolute Gasteiger partial charge is 0.280 e. The maximum atomic E-state index is 14.1. The Hall–Kier alpha value is -2.50. The molecule has 0 bridgehead atoms. The molecule has 0 aromatic heterocycles. The summed E-state index contributed by atoms with van der Waals surface area (Å²) in [6, 6.07) is 19.6. The molecule has 1 atom stereocenters. The molecule has 0 aliphatic carbocycles. The maximum Gasteiger partial charge on any atom is 0.280 e. The molecule has 1 amide bonds. The van der Waals surface area contributed by atoms with Crippen LogP contribution in [-0.2, 0) is 16.1 Å². The Balaban J connectivity index is 1.22. The fourth-order valence-electron chi connectivity index (χ4n) is 4.42. The summed E-state index contributed by atoms with van der Waals surface area (Å²) >= 11 is 0. The normalized spacial score (nSPS) is 21.6. The van der Waals surface area contributed by atoms with E-state index < -0.39 is 11.7 Å². The average Bonchev–Trinajstić information content (AvgIpc) is 3.18. The topological polar surface area (TPSA) is 41.6 Å². The lowest BCUT2D eigenvalue weighted by atomic mass is 9.88. The SMILES string of the molecule is O=C(NCC1CCC2(CCN(Cc3ccccc3)CC2)O1)C(F)=Cc1ccccc1. The van der Waals surface area contributed by atoms with Crippen molar-refractivity contribution >= 4 is 12.0 Å². The van der Waals surface area contributed by atoms with Crippen molar-refractivity contribution in [3.05, 3.63) is 77.6 Å². The molecule has 1 N–H and O–H groups in total. The van der Waals surface area contributed by atoms with E-state index in [1.807, 2.05) is 24.3 Å². The predicted molar refractivity (Wildman–Crippen MR) is 116 cm³/mol. The van der Waals surface area contributed by atoms with Crippen LogP contribution in [0.3, 0.4) is 0 Å². The quantitative estimate of drug-likeness (QED) is 0.724. The number of carbonyl (C=O) groups excluding carboxylic acids is 1. The molecule has 2 aromatic rings. The number of likely N-dealkylation sites (tertiary alicyclic amines) is 1. The molecule has 2 fully saturated rings. The van der Waals surface area contributed by atoms with Crippen molar-refractivity contribution in [2.45, 2.75) is 43.9 Å². The molecule has 1 unspecified atom stereocenters. The Morgan fingerprint density at radius 1 is 1.07 bits per heavy atom. The standard InChI is InChI=1S/C25H29FN2O2/c26-23(17-20-7-3-1-4-8-20)24(29)27-18-22-11-12-25(30-22)13-15-28(16-14-25)19-21-9-5-2-6-10-21/h1-10,17,22H,11-16,18-19H2,(H,27,29). The summed E-state index contributed by atoms with van der Waals surface area (Å²) in [6.07, 6.45) is 5.14. The molecule has 30 heavy (non-hydrogen) atoms. The molecule has 2 saturated heterocycles. The first-order valence-corrected chi connectivity index (χ1v) is 10.8. The van der Waals surface area contributed by atoms with Gasteiger partial charge in [-0.25, -0.2) is 4.39 Å². The molecule has 158 valence electrons. The third-order valence-electron chi connectivity index (χ3n) is 6.16. The zero-order chi connectivity index (χ0) is 20.8. The monoisotopic (exact) mass is 408 g/mol. The highest BCUT2D eigenvalue weighted by Gasteiger charge is 2.42. The Kier molecular flexibility index (Phi) is 6.60. The van der Waals surface area contributed by atoms with E-state index in [-0.39, 0.29) is 11.7 Å². The number of halogens is 1. The predicted octanol–water partition coefficient (Wildman–Crippen LogP) is 4.33. The number of hydrogen-bond acceptors (Lipinski definition) is 3. The van der Waals surface area contributed by atoms with E-state index in [1.54, 1.807) is 12.1 Å². The van der Waals surface area contributed by atoms with E-state index in [4.69, 9.17) is 4.74 Å². The van der Waals surface area contributed by atoms with Crippen molar-refractivity contribution in [2.75, 3.05) is 19.6 Å². The van der Waals surface area contributed by atoms with Crippen LogP contribution >= 0.6 is 0 Å². The molecule has 4 nitrogen and oxygen atoms in total. The van der Waals surface area contributed by atoms with Crippen LogP contribution < -0.4 is 5.32 Å². The number of hydrogen-bond donors (Lipinski definition) is 1. The van der Waals surface area contributed by atoms with Gasteiger partial charge >= 0.3 is 0 Å². The number of amides is 1. The van der Waals surface area contributed by atoms with Crippen molar-refractivity contribution in [1.82, 2.24) is 10.2 Å². The lowest BCUT2D eigenvalue weighted by molar-refractivity contribution is -0.120. The van der Waals surface area contributed by atoms with Gasteiger partial charge in [-0.2, -0.15) is 0 Å². The number of carbonyl (C=O) groups is 1. The number of ether oxygens (including phenoxy) is 1. The molecule has 0 saturated carbocycles. The van der Waals surface area contributed by atoms with Gasteiger partial charge < -0.3 is 10.1 Å². The van der Waals surface area contributed by atoms with Gasteiger partial charge in [0, 0.05) is 26.2 Å². The van der Waals surface area contributed by atoms with Crippen molar-refractivity contribution in [3.63, 3.8) is 0 Å². The van der Waals surface area contributed by atoms with Crippen molar-refractivity contribution in [2.24, 2.45) is 0 Å². The first-order chi connectivity index (χ1) is 14.6. The minimum atomic E-state index is -0.775. The summed E-state index contributed by atoms with van der Waals surface area (Å²) in [5.41, 5.74) is 1.93. The van der Waals surface area contributed by atoms with Crippen LogP contribution in [0, 0.1) is 0 Å². The molecule has 0 radical (unpaired) electrons. The minimum Gasteiger partial charge on any atom is -0.370 e. The Bertz CT molecular complexity index is 861. The van der Waals surface area contributed by atoms with Gasteiger partial charge in [0.15, 0.2) is 5.83 Å². The van der Waals surface area contributed by atoms with E-state index >= 15 is 0 Å². The van der Waals surface area contributed by atoms with E-state index in [9.17, 15) is 9.18 Å². The van der Waals surface area contributed by atoms with Gasteiger partial charge in [-0.1, -0.05) is 60.7 Å².